The van der Waals surface area contributed by atoms with Crippen molar-refractivity contribution in [2.45, 2.75) is 0 Å². The van der Waals surface area contributed by atoms with Crippen molar-refractivity contribution < 1.29 is 0 Å². The molecule has 5 nitrogen and oxygen atoms in total. The summed E-state index contributed by atoms with van der Waals surface area (Å²) in [4.78, 5) is 25.6. The third-order valence-electron chi connectivity index (χ3n) is 2.03. The molecule has 0 aliphatic heterocycles. The van der Waals surface area contributed by atoms with Crippen molar-refractivity contribution in [3.63, 3.8) is 0 Å². The number of rotatable bonds is 1. The van der Waals surface area contributed by atoms with Gasteiger partial charge >= 0.3 is 5.69 Å². The van der Waals surface area contributed by atoms with E-state index in [4.69, 9.17) is 0 Å². The van der Waals surface area contributed by atoms with Gasteiger partial charge in [-0.05, 0) is 12.1 Å². The molecule has 0 aliphatic carbocycles. The maximum atomic E-state index is 11.7. The Kier molecular flexibility index (Phi) is 1.85. The largest absolute Gasteiger partial charge is 0.347 e. The molecule has 72 valence electrons. The van der Waals surface area contributed by atoms with Crippen LogP contribution in [0.3, 0.4) is 0 Å². The first-order valence-electron chi connectivity index (χ1n) is 4.16. The van der Waals surface area contributed by atoms with Crippen molar-refractivity contribution in [3.05, 3.63) is 45.1 Å². The second-order valence-corrected chi connectivity index (χ2v) is 2.84. The van der Waals surface area contributed by atoms with Crippen molar-refractivity contribution in [1.82, 2.24) is 9.66 Å². The topological polar surface area (TPSA) is 66.9 Å². The minimum absolute atomic E-state index is 0.341. The maximum absolute atomic E-state index is 11.7. The van der Waals surface area contributed by atoms with E-state index >= 15 is 0 Å². The van der Waals surface area contributed by atoms with Crippen molar-refractivity contribution in [2.24, 2.45) is 0 Å². The van der Waals surface area contributed by atoms with Crippen LogP contribution >= 0.6 is 0 Å². The summed E-state index contributed by atoms with van der Waals surface area (Å²) in [5.74, 6) is 0. The zero-order valence-corrected chi connectivity index (χ0v) is 7.57. The fourth-order valence-corrected chi connectivity index (χ4v) is 1.37. The van der Waals surface area contributed by atoms with Crippen LogP contribution in [0.4, 0.5) is 0 Å². The maximum Gasteiger partial charge on any atom is 0.347 e. The molecule has 1 aromatic carbocycles. The molecule has 5 heteroatoms. The molecule has 2 aromatic rings. The van der Waals surface area contributed by atoms with Crippen LogP contribution in [-0.2, 0) is 0 Å². The molecule has 0 spiro atoms. The van der Waals surface area contributed by atoms with Crippen LogP contribution in [0, 0.1) is 0 Å². The summed E-state index contributed by atoms with van der Waals surface area (Å²) < 4.78 is 0.933. The zero-order valence-electron chi connectivity index (χ0n) is 7.57. The highest BCUT2D eigenvalue weighted by molar-refractivity contribution is 5.76. The molecule has 14 heavy (non-hydrogen) atoms. The van der Waals surface area contributed by atoms with Gasteiger partial charge < -0.3 is 10.4 Å². The third kappa shape index (κ3) is 1.10. The lowest BCUT2D eigenvalue weighted by Crippen LogP contribution is -2.39. The Morgan fingerprint density at radius 3 is 2.71 bits per heavy atom. The third-order valence-corrected chi connectivity index (χ3v) is 2.03. The number of nitrogens with one attached hydrogen (secondary N) is 2. The van der Waals surface area contributed by atoms with Gasteiger partial charge in [-0.25, -0.2) is 4.79 Å². The molecule has 1 aromatic heterocycles. The molecule has 2 N–H and O–H groups in total. The monoisotopic (exact) mass is 191 g/mol. The van der Waals surface area contributed by atoms with Gasteiger partial charge in [0, 0.05) is 7.05 Å². The van der Waals surface area contributed by atoms with Gasteiger partial charge in [-0.3, -0.25) is 4.79 Å². The van der Waals surface area contributed by atoms with Gasteiger partial charge in [0.1, 0.15) is 0 Å². The van der Waals surface area contributed by atoms with Crippen molar-refractivity contribution >= 4 is 10.9 Å². The Morgan fingerprint density at radius 1 is 1.29 bits per heavy atom. The molecule has 2 rings (SSSR count). The Balaban J connectivity index is 3.01. The van der Waals surface area contributed by atoms with Gasteiger partial charge in [-0.15, -0.1) is 0 Å². The Morgan fingerprint density at radius 2 is 2.00 bits per heavy atom. The Hall–Kier alpha value is -2.04. The van der Waals surface area contributed by atoms with Gasteiger partial charge in [-0.2, -0.15) is 4.68 Å². The number of para-hydroxylation sites is 1. The first-order valence-corrected chi connectivity index (χ1v) is 4.16. The van der Waals surface area contributed by atoms with E-state index in [9.17, 15) is 9.59 Å². The fraction of sp³-hybridized carbons (Fsp3) is 0.111. The molecule has 0 radical (unpaired) electrons. The minimum Gasteiger partial charge on any atom is -0.322 e. The number of aromatic nitrogens is 2. The summed E-state index contributed by atoms with van der Waals surface area (Å²) in [7, 11) is 1.52. The molecule has 0 atom stereocenters. The number of fused-ring (bicyclic) bond motifs is 1. The van der Waals surface area contributed by atoms with Crippen molar-refractivity contribution in [3.8, 4) is 0 Å². The van der Waals surface area contributed by atoms with Crippen LogP contribution in [-0.4, -0.2) is 16.7 Å². The van der Waals surface area contributed by atoms with E-state index in [-0.39, 0.29) is 5.56 Å². The van der Waals surface area contributed by atoms with Crippen LogP contribution in [0.5, 0.6) is 0 Å². The first kappa shape index (κ1) is 8.55. The smallest absolute Gasteiger partial charge is 0.322 e. The molecule has 0 amide bonds. The van der Waals surface area contributed by atoms with Crippen molar-refractivity contribution in [2.75, 3.05) is 12.5 Å². The summed E-state index contributed by atoms with van der Waals surface area (Å²) in [6.45, 7) is 0. The highest BCUT2D eigenvalue weighted by Crippen LogP contribution is 2.01. The lowest BCUT2D eigenvalue weighted by atomic mass is 10.2. The number of H-pyrrole nitrogens is 1. The average Bonchev–Trinajstić information content (AvgIpc) is 2.18. The molecular weight excluding hydrogens is 182 g/mol. The number of nitrogens with zero attached hydrogens (tertiary/aromatic N) is 1. The van der Waals surface area contributed by atoms with E-state index in [1.807, 2.05) is 0 Å². The van der Waals surface area contributed by atoms with Crippen LogP contribution in [0.1, 0.15) is 0 Å². The zero-order chi connectivity index (χ0) is 10.1. The molecular formula is C9H9N3O2. The fourth-order valence-electron chi connectivity index (χ4n) is 1.37. The van der Waals surface area contributed by atoms with E-state index in [0.717, 1.165) is 4.68 Å². The minimum atomic E-state index is -0.462. The highest BCUT2D eigenvalue weighted by atomic mass is 16.2. The number of hydrogen-bond acceptors (Lipinski definition) is 3. The van der Waals surface area contributed by atoms with E-state index in [1.165, 1.54) is 7.05 Å². The summed E-state index contributed by atoms with van der Waals surface area (Å²) >= 11 is 0. The lowest BCUT2D eigenvalue weighted by Gasteiger charge is -2.03. The predicted octanol–water partition coefficient (Wildman–Crippen LogP) is -0.137. The second-order valence-electron chi connectivity index (χ2n) is 2.84. The molecule has 0 aliphatic rings. The number of aromatic amines is 1. The van der Waals surface area contributed by atoms with E-state index < -0.39 is 5.69 Å². The molecule has 0 saturated carbocycles. The SMILES string of the molecule is CNn1c(=O)[nH]c2ccccc2c1=O. The summed E-state index contributed by atoms with van der Waals surface area (Å²) in [6.07, 6.45) is 0. The Labute approximate surface area is 79.0 Å². The van der Waals surface area contributed by atoms with Crippen LogP contribution in [0.2, 0.25) is 0 Å². The van der Waals surface area contributed by atoms with Crippen molar-refractivity contribution in [1.29, 1.82) is 0 Å². The number of hydrogen-bond donors (Lipinski definition) is 2. The van der Waals surface area contributed by atoms with Crippen LogP contribution in [0.25, 0.3) is 10.9 Å². The van der Waals surface area contributed by atoms with Gasteiger partial charge in [0.2, 0.25) is 0 Å². The normalized spacial score (nSPS) is 10.4. The van der Waals surface area contributed by atoms with Crippen LogP contribution in [0.15, 0.2) is 33.9 Å². The average molecular weight is 191 g/mol. The standard InChI is InChI=1S/C9H9N3O2/c1-10-12-8(13)6-4-2-3-5-7(6)11-9(12)14/h2-5,10H,1H3,(H,11,14). The predicted molar refractivity (Wildman–Crippen MR) is 54.1 cm³/mol. The number of benzene rings is 1. The first-order chi connectivity index (χ1) is 6.74. The summed E-state index contributed by atoms with van der Waals surface area (Å²) in [6, 6.07) is 6.88. The Bertz CT molecular complexity index is 582. The second kappa shape index (κ2) is 3.02. The molecule has 0 bridgehead atoms. The van der Waals surface area contributed by atoms with Gasteiger partial charge in [0.15, 0.2) is 0 Å². The molecule has 0 saturated heterocycles. The van der Waals surface area contributed by atoms with E-state index in [2.05, 4.69) is 10.4 Å². The van der Waals surface area contributed by atoms with Crippen LogP contribution < -0.4 is 16.7 Å². The van der Waals surface area contributed by atoms with Gasteiger partial charge in [0.25, 0.3) is 5.56 Å². The van der Waals surface area contributed by atoms with E-state index in [1.54, 1.807) is 24.3 Å². The quantitative estimate of drug-likeness (QED) is 0.659. The van der Waals surface area contributed by atoms with Gasteiger partial charge in [0.05, 0.1) is 10.9 Å². The summed E-state index contributed by atoms with van der Waals surface area (Å²) in [5.41, 5.74) is 2.26. The van der Waals surface area contributed by atoms with Gasteiger partial charge in [-0.1, -0.05) is 12.1 Å². The molecule has 0 unspecified atom stereocenters. The highest BCUT2D eigenvalue weighted by Gasteiger charge is 2.03. The lowest BCUT2D eigenvalue weighted by molar-refractivity contribution is 0.807. The molecule has 1 heterocycles. The molecule has 0 fully saturated rings. The van der Waals surface area contributed by atoms with E-state index in [0.29, 0.717) is 10.9 Å². The summed E-state index contributed by atoms with van der Waals surface area (Å²) in [5, 5.41) is 0.487.